The van der Waals surface area contributed by atoms with E-state index in [4.69, 9.17) is 9.40 Å². The Morgan fingerprint density at radius 1 is 1.15 bits per heavy atom. The molecule has 0 radical (unpaired) electrons. The SMILES string of the molecule is CCc1ccc(-c2nc(CN3CCCC3)c(C)o2)cc1. The van der Waals surface area contributed by atoms with Crippen LogP contribution in [0.25, 0.3) is 11.5 Å². The Hall–Kier alpha value is -1.61. The van der Waals surface area contributed by atoms with Crippen molar-refractivity contribution in [3.63, 3.8) is 0 Å². The Labute approximate surface area is 120 Å². The monoisotopic (exact) mass is 270 g/mol. The molecule has 0 amide bonds. The summed E-state index contributed by atoms with van der Waals surface area (Å²) in [6.07, 6.45) is 3.68. The molecule has 1 fully saturated rings. The molecule has 20 heavy (non-hydrogen) atoms. The summed E-state index contributed by atoms with van der Waals surface area (Å²) in [6.45, 7) is 7.48. The number of rotatable bonds is 4. The molecule has 0 N–H and O–H groups in total. The second-order valence-electron chi connectivity index (χ2n) is 5.56. The predicted molar refractivity (Wildman–Crippen MR) is 80.6 cm³/mol. The molecule has 0 aliphatic carbocycles. The number of nitrogens with zero attached hydrogens (tertiary/aromatic N) is 2. The molecular weight excluding hydrogens is 248 g/mol. The van der Waals surface area contributed by atoms with Gasteiger partial charge in [0, 0.05) is 12.1 Å². The van der Waals surface area contributed by atoms with Gasteiger partial charge in [-0.3, -0.25) is 4.90 Å². The van der Waals surface area contributed by atoms with Gasteiger partial charge in [-0.15, -0.1) is 0 Å². The summed E-state index contributed by atoms with van der Waals surface area (Å²) < 4.78 is 5.85. The lowest BCUT2D eigenvalue weighted by molar-refractivity contribution is 0.325. The zero-order chi connectivity index (χ0) is 13.9. The van der Waals surface area contributed by atoms with E-state index in [2.05, 4.69) is 36.1 Å². The average Bonchev–Trinajstić information content (AvgIpc) is 3.10. The number of aromatic nitrogens is 1. The molecule has 3 nitrogen and oxygen atoms in total. The fourth-order valence-electron chi connectivity index (χ4n) is 2.73. The molecule has 2 heterocycles. The highest BCUT2D eigenvalue weighted by atomic mass is 16.4. The van der Waals surface area contributed by atoms with E-state index in [1.54, 1.807) is 0 Å². The van der Waals surface area contributed by atoms with Gasteiger partial charge in [-0.05, 0) is 57.0 Å². The molecule has 0 unspecified atom stereocenters. The number of hydrogen-bond acceptors (Lipinski definition) is 3. The maximum absolute atomic E-state index is 5.85. The number of aryl methyl sites for hydroxylation is 2. The summed E-state index contributed by atoms with van der Waals surface area (Å²) in [7, 11) is 0. The molecule has 0 saturated carbocycles. The largest absolute Gasteiger partial charge is 0.441 e. The van der Waals surface area contributed by atoms with Gasteiger partial charge in [-0.25, -0.2) is 4.98 Å². The molecule has 106 valence electrons. The zero-order valence-corrected chi connectivity index (χ0v) is 12.4. The highest BCUT2D eigenvalue weighted by Crippen LogP contribution is 2.24. The quantitative estimate of drug-likeness (QED) is 0.846. The molecule has 3 rings (SSSR count). The summed E-state index contributed by atoms with van der Waals surface area (Å²) in [4.78, 5) is 7.14. The van der Waals surface area contributed by atoms with E-state index in [0.717, 1.165) is 35.9 Å². The summed E-state index contributed by atoms with van der Waals surface area (Å²) >= 11 is 0. The smallest absolute Gasteiger partial charge is 0.226 e. The van der Waals surface area contributed by atoms with Crippen LogP contribution in [0.1, 0.15) is 36.8 Å². The molecule has 0 spiro atoms. The van der Waals surface area contributed by atoms with Gasteiger partial charge in [-0.2, -0.15) is 0 Å². The Bertz CT molecular complexity index is 565. The Morgan fingerprint density at radius 3 is 2.50 bits per heavy atom. The first-order chi connectivity index (χ1) is 9.76. The Kier molecular flexibility index (Phi) is 3.88. The molecular formula is C17H22N2O. The first kappa shape index (κ1) is 13.4. The van der Waals surface area contributed by atoms with Crippen molar-refractivity contribution in [2.75, 3.05) is 13.1 Å². The molecule has 0 bridgehead atoms. The molecule has 1 aromatic carbocycles. The fourth-order valence-corrected chi connectivity index (χ4v) is 2.73. The summed E-state index contributed by atoms with van der Waals surface area (Å²) in [5.74, 6) is 1.70. The predicted octanol–water partition coefficient (Wildman–Crippen LogP) is 3.81. The van der Waals surface area contributed by atoms with E-state index < -0.39 is 0 Å². The minimum absolute atomic E-state index is 0.749. The normalized spacial score (nSPS) is 15.9. The van der Waals surface area contributed by atoms with Gasteiger partial charge in [0.1, 0.15) is 5.76 Å². The van der Waals surface area contributed by atoms with E-state index >= 15 is 0 Å². The van der Waals surface area contributed by atoms with Gasteiger partial charge in [0.05, 0.1) is 5.69 Å². The maximum atomic E-state index is 5.85. The summed E-state index contributed by atoms with van der Waals surface area (Å²) in [5, 5.41) is 0. The van der Waals surface area contributed by atoms with Crippen LogP contribution in [0.15, 0.2) is 28.7 Å². The van der Waals surface area contributed by atoms with E-state index in [1.807, 2.05) is 6.92 Å². The second kappa shape index (κ2) is 5.80. The highest BCUT2D eigenvalue weighted by Gasteiger charge is 2.17. The minimum atomic E-state index is 0.749. The number of likely N-dealkylation sites (tertiary alicyclic amines) is 1. The van der Waals surface area contributed by atoms with Crippen molar-refractivity contribution >= 4 is 0 Å². The van der Waals surface area contributed by atoms with Crippen LogP contribution in [0.3, 0.4) is 0 Å². The van der Waals surface area contributed by atoms with Crippen LogP contribution in [-0.4, -0.2) is 23.0 Å². The van der Waals surface area contributed by atoms with Gasteiger partial charge in [-0.1, -0.05) is 19.1 Å². The first-order valence-electron chi connectivity index (χ1n) is 7.54. The van der Waals surface area contributed by atoms with Gasteiger partial charge in [0.2, 0.25) is 5.89 Å². The Morgan fingerprint density at radius 2 is 1.85 bits per heavy atom. The number of oxazole rings is 1. The molecule has 0 atom stereocenters. The summed E-state index contributed by atoms with van der Waals surface area (Å²) in [6, 6.07) is 8.50. The number of hydrogen-bond donors (Lipinski definition) is 0. The maximum Gasteiger partial charge on any atom is 0.226 e. The molecule has 3 heteroatoms. The average molecular weight is 270 g/mol. The Balaban J connectivity index is 1.79. The van der Waals surface area contributed by atoms with Crippen molar-refractivity contribution in [2.45, 2.75) is 39.7 Å². The third-order valence-electron chi connectivity index (χ3n) is 4.07. The van der Waals surface area contributed by atoms with Gasteiger partial charge in [0.25, 0.3) is 0 Å². The van der Waals surface area contributed by atoms with Crippen molar-refractivity contribution in [1.82, 2.24) is 9.88 Å². The molecule has 1 saturated heterocycles. The third kappa shape index (κ3) is 2.78. The van der Waals surface area contributed by atoms with Crippen LogP contribution in [0.2, 0.25) is 0 Å². The van der Waals surface area contributed by atoms with E-state index in [-0.39, 0.29) is 0 Å². The van der Waals surface area contributed by atoms with Crippen LogP contribution in [-0.2, 0) is 13.0 Å². The lowest BCUT2D eigenvalue weighted by Gasteiger charge is -2.12. The molecule has 1 aliphatic heterocycles. The van der Waals surface area contributed by atoms with E-state index in [0.29, 0.717) is 0 Å². The van der Waals surface area contributed by atoms with Crippen molar-refractivity contribution in [2.24, 2.45) is 0 Å². The summed E-state index contributed by atoms with van der Waals surface area (Å²) in [5.41, 5.74) is 3.49. The number of benzene rings is 1. The molecule has 1 aromatic heterocycles. The van der Waals surface area contributed by atoms with Crippen molar-refractivity contribution in [3.8, 4) is 11.5 Å². The standard InChI is InChI=1S/C17H22N2O/c1-3-14-6-8-15(9-7-14)17-18-16(13(2)20-17)12-19-10-4-5-11-19/h6-9H,3-5,10-12H2,1-2H3. The van der Waals surface area contributed by atoms with E-state index in [9.17, 15) is 0 Å². The van der Waals surface area contributed by atoms with Crippen LogP contribution < -0.4 is 0 Å². The second-order valence-corrected chi connectivity index (χ2v) is 5.56. The third-order valence-corrected chi connectivity index (χ3v) is 4.07. The highest BCUT2D eigenvalue weighted by molar-refractivity contribution is 5.54. The molecule has 1 aliphatic rings. The first-order valence-corrected chi connectivity index (χ1v) is 7.54. The fraction of sp³-hybridized carbons (Fsp3) is 0.471. The van der Waals surface area contributed by atoms with Crippen LogP contribution in [0.5, 0.6) is 0 Å². The lowest BCUT2D eigenvalue weighted by Crippen LogP contribution is -2.19. The van der Waals surface area contributed by atoms with Crippen LogP contribution in [0, 0.1) is 6.92 Å². The van der Waals surface area contributed by atoms with Crippen molar-refractivity contribution < 1.29 is 4.42 Å². The van der Waals surface area contributed by atoms with Gasteiger partial charge in [0.15, 0.2) is 0 Å². The van der Waals surface area contributed by atoms with E-state index in [1.165, 1.54) is 31.5 Å². The van der Waals surface area contributed by atoms with Gasteiger partial charge < -0.3 is 4.42 Å². The van der Waals surface area contributed by atoms with Crippen LogP contribution in [0.4, 0.5) is 0 Å². The molecule has 2 aromatic rings. The topological polar surface area (TPSA) is 29.3 Å². The van der Waals surface area contributed by atoms with Crippen molar-refractivity contribution in [3.05, 3.63) is 41.3 Å². The van der Waals surface area contributed by atoms with Crippen LogP contribution >= 0.6 is 0 Å². The van der Waals surface area contributed by atoms with Gasteiger partial charge >= 0.3 is 0 Å². The zero-order valence-electron chi connectivity index (χ0n) is 12.4. The van der Waals surface area contributed by atoms with Crippen molar-refractivity contribution in [1.29, 1.82) is 0 Å². The minimum Gasteiger partial charge on any atom is -0.441 e. The lowest BCUT2D eigenvalue weighted by atomic mass is 10.1.